The zero-order chi connectivity index (χ0) is 13.5. The second-order valence-electron chi connectivity index (χ2n) is 4.35. The number of aliphatic hydroxyl groups is 2. The minimum Gasteiger partial charge on any atom is -0.394 e. The molecule has 0 radical (unpaired) electrons. The fourth-order valence-corrected chi connectivity index (χ4v) is 1.98. The number of rotatable bonds is 2. The molecule has 1 aliphatic rings. The number of nitrogens with one attached hydrogen (secondary N) is 1. The molecule has 0 bridgehead atoms. The van der Waals surface area contributed by atoms with Crippen LogP contribution in [0.4, 0.5) is 4.39 Å². The summed E-state index contributed by atoms with van der Waals surface area (Å²) in [4.78, 5) is 24.4. The van der Waals surface area contributed by atoms with Gasteiger partial charge in [0.2, 0.25) is 0 Å². The van der Waals surface area contributed by atoms with Gasteiger partial charge in [-0.05, 0) is 6.92 Å². The van der Waals surface area contributed by atoms with Crippen molar-refractivity contribution in [2.75, 3.05) is 6.61 Å². The molecule has 1 aromatic rings. The number of halogens is 1. The fraction of sp³-hybridized carbons (Fsp3) is 0.600. The van der Waals surface area contributed by atoms with Crippen molar-refractivity contribution in [3.63, 3.8) is 0 Å². The maximum Gasteiger partial charge on any atom is 0.330 e. The Morgan fingerprint density at radius 1 is 1.61 bits per heavy atom. The highest BCUT2D eigenvalue weighted by Gasteiger charge is 2.54. The number of aliphatic hydroxyl groups excluding tert-OH is 1. The molecule has 2 heterocycles. The van der Waals surface area contributed by atoms with Crippen LogP contribution < -0.4 is 11.2 Å². The minimum absolute atomic E-state index is 0.607. The fourth-order valence-electron chi connectivity index (χ4n) is 1.98. The van der Waals surface area contributed by atoms with Crippen molar-refractivity contribution in [2.24, 2.45) is 0 Å². The SMILES string of the molecule is C[C@@]1(O)[C@H](F)C(CO)O[C@H]1n1ccc(=O)[nH]c1=O. The van der Waals surface area contributed by atoms with E-state index in [1.54, 1.807) is 0 Å². The molecule has 1 saturated heterocycles. The van der Waals surface area contributed by atoms with E-state index in [0.717, 1.165) is 23.8 Å². The molecule has 1 fully saturated rings. The van der Waals surface area contributed by atoms with Crippen molar-refractivity contribution in [3.8, 4) is 0 Å². The topological polar surface area (TPSA) is 105 Å². The third-order valence-electron chi connectivity index (χ3n) is 2.97. The zero-order valence-corrected chi connectivity index (χ0v) is 9.54. The highest BCUT2D eigenvalue weighted by Crippen LogP contribution is 2.38. The molecule has 7 nitrogen and oxygen atoms in total. The Kier molecular flexibility index (Phi) is 3.09. The van der Waals surface area contributed by atoms with Crippen LogP contribution in [0.25, 0.3) is 0 Å². The number of ether oxygens (including phenoxy) is 1. The Balaban J connectivity index is 2.45. The van der Waals surface area contributed by atoms with Gasteiger partial charge in [0.25, 0.3) is 5.56 Å². The summed E-state index contributed by atoms with van der Waals surface area (Å²) in [6.45, 7) is 0.543. The van der Waals surface area contributed by atoms with E-state index in [0.29, 0.717) is 0 Å². The Hall–Kier alpha value is -1.51. The third kappa shape index (κ3) is 1.88. The summed E-state index contributed by atoms with van der Waals surface area (Å²) in [7, 11) is 0. The Bertz CT molecular complexity index is 552. The van der Waals surface area contributed by atoms with Crippen LogP contribution in [0, 0.1) is 0 Å². The minimum atomic E-state index is -1.98. The first kappa shape index (κ1) is 12.9. The van der Waals surface area contributed by atoms with Crippen LogP contribution >= 0.6 is 0 Å². The molecular weight excluding hydrogens is 247 g/mol. The molecule has 4 atom stereocenters. The van der Waals surface area contributed by atoms with Crippen molar-refractivity contribution in [1.82, 2.24) is 9.55 Å². The second-order valence-corrected chi connectivity index (χ2v) is 4.35. The first-order valence-corrected chi connectivity index (χ1v) is 5.32. The van der Waals surface area contributed by atoms with Crippen molar-refractivity contribution < 1.29 is 19.3 Å². The molecule has 1 aliphatic heterocycles. The van der Waals surface area contributed by atoms with Crippen LogP contribution in [-0.2, 0) is 4.74 Å². The van der Waals surface area contributed by atoms with Crippen molar-refractivity contribution in [3.05, 3.63) is 33.1 Å². The van der Waals surface area contributed by atoms with E-state index in [1.165, 1.54) is 0 Å². The summed E-state index contributed by atoms with van der Waals surface area (Å²) < 4.78 is 19.8. The van der Waals surface area contributed by atoms with Gasteiger partial charge >= 0.3 is 5.69 Å². The Morgan fingerprint density at radius 3 is 2.78 bits per heavy atom. The highest BCUT2D eigenvalue weighted by atomic mass is 19.1. The Morgan fingerprint density at radius 2 is 2.28 bits per heavy atom. The lowest BCUT2D eigenvalue weighted by atomic mass is 9.98. The first-order valence-electron chi connectivity index (χ1n) is 5.32. The normalized spacial score (nSPS) is 35.9. The van der Waals surface area contributed by atoms with E-state index >= 15 is 0 Å². The third-order valence-corrected chi connectivity index (χ3v) is 2.97. The number of hydrogen-bond donors (Lipinski definition) is 3. The van der Waals surface area contributed by atoms with Crippen LogP contribution in [0.15, 0.2) is 21.9 Å². The summed E-state index contributed by atoms with van der Waals surface area (Å²) in [6, 6.07) is 1.06. The van der Waals surface area contributed by atoms with Crippen LogP contribution in [0.2, 0.25) is 0 Å². The molecule has 0 aromatic carbocycles. The number of aromatic amines is 1. The summed E-state index contributed by atoms with van der Waals surface area (Å²) in [5.41, 5.74) is -3.40. The molecule has 0 aliphatic carbocycles. The van der Waals surface area contributed by atoms with Crippen LogP contribution in [0.1, 0.15) is 13.2 Å². The monoisotopic (exact) mass is 260 g/mol. The van der Waals surface area contributed by atoms with Crippen LogP contribution in [0.5, 0.6) is 0 Å². The van der Waals surface area contributed by atoms with Gasteiger partial charge in [-0.15, -0.1) is 0 Å². The number of alkyl halides is 1. The largest absolute Gasteiger partial charge is 0.394 e. The lowest BCUT2D eigenvalue weighted by Gasteiger charge is -2.26. The molecule has 1 aromatic heterocycles. The van der Waals surface area contributed by atoms with E-state index in [1.807, 2.05) is 4.98 Å². The highest BCUT2D eigenvalue weighted by molar-refractivity contribution is 5.00. The summed E-state index contributed by atoms with van der Waals surface area (Å²) >= 11 is 0. The molecule has 1 unspecified atom stereocenters. The van der Waals surface area contributed by atoms with Crippen LogP contribution in [0.3, 0.4) is 0 Å². The Labute approximate surface area is 100 Å². The van der Waals surface area contributed by atoms with Crippen molar-refractivity contribution in [2.45, 2.75) is 31.0 Å². The molecule has 18 heavy (non-hydrogen) atoms. The van der Waals surface area contributed by atoms with Gasteiger partial charge in [0, 0.05) is 12.3 Å². The average Bonchev–Trinajstić information content (AvgIpc) is 2.52. The number of hydrogen-bond acceptors (Lipinski definition) is 5. The van der Waals surface area contributed by atoms with Gasteiger partial charge in [0.15, 0.2) is 12.4 Å². The molecule has 100 valence electrons. The van der Waals surface area contributed by atoms with E-state index < -0.39 is 42.0 Å². The second kappa shape index (κ2) is 4.30. The molecular formula is C10H13FN2O5. The summed E-state index contributed by atoms with van der Waals surface area (Å²) in [6.07, 6.45) is -3.27. The zero-order valence-electron chi connectivity index (χ0n) is 9.54. The smallest absolute Gasteiger partial charge is 0.330 e. The van der Waals surface area contributed by atoms with E-state index in [4.69, 9.17) is 9.84 Å². The van der Waals surface area contributed by atoms with Crippen LogP contribution in [-0.4, -0.2) is 44.2 Å². The number of aromatic nitrogens is 2. The van der Waals surface area contributed by atoms with E-state index in [-0.39, 0.29) is 0 Å². The number of nitrogens with zero attached hydrogens (tertiary/aromatic N) is 1. The van der Waals surface area contributed by atoms with Gasteiger partial charge in [-0.1, -0.05) is 0 Å². The number of H-pyrrole nitrogens is 1. The molecule has 0 saturated carbocycles. The van der Waals surface area contributed by atoms with E-state index in [9.17, 15) is 19.1 Å². The van der Waals surface area contributed by atoms with Gasteiger partial charge in [0.05, 0.1) is 6.61 Å². The molecule has 0 spiro atoms. The van der Waals surface area contributed by atoms with Gasteiger partial charge in [-0.2, -0.15) is 0 Å². The van der Waals surface area contributed by atoms with E-state index in [2.05, 4.69) is 0 Å². The average molecular weight is 260 g/mol. The van der Waals surface area contributed by atoms with Gasteiger partial charge < -0.3 is 14.9 Å². The molecule has 0 amide bonds. The lowest BCUT2D eigenvalue weighted by molar-refractivity contribution is -0.0933. The maximum absolute atomic E-state index is 13.8. The van der Waals surface area contributed by atoms with Crippen molar-refractivity contribution >= 4 is 0 Å². The molecule has 8 heteroatoms. The lowest BCUT2D eigenvalue weighted by Crippen LogP contribution is -2.45. The van der Waals surface area contributed by atoms with Gasteiger partial charge in [-0.3, -0.25) is 14.3 Å². The predicted octanol–water partition coefficient (Wildman–Crippen LogP) is -1.48. The quantitative estimate of drug-likeness (QED) is 0.601. The van der Waals surface area contributed by atoms with Gasteiger partial charge in [-0.25, -0.2) is 9.18 Å². The molecule has 3 N–H and O–H groups in total. The summed E-state index contributed by atoms with van der Waals surface area (Å²) in [5.74, 6) is 0. The summed E-state index contributed by atoms with van der Waals surface area (Å²) in [5, 5.41) is 18.9. The standard InChI is InChI=1S/C10H13FN2O5/c1-10(17)7(11)5(4-14)18-8(10)13-3-2-6(15)12-9(13)16/h2-3,5,7-8,14,17H,4H2,1H3,(H,12,15,16)/t5?,7-,8-,10-/m1/s1. The predicted molar refractivity (Wildman–Crippen MR) is 57.8 cm³/mol. The molecule has 2 rings (SSSR count). The first-order chi connectivity index (χ1) is 8.37. The van der Waals surface area contributed by atoms with Crippen molar-refractivity contribution in [1.29, 1.82) is 0 Å². The maximum atomic E-state index is 13.8. The van der Waals surface area contributed by atoms with Gasteiger partial charge in [0.1, 0.15) is 11.7 Å².